The van der Waals surface area contributed by atoms with Crippen molar-refractivity contribution < 1.29 is 9.52 Å². The van der Waals surface area contributed by atoms with Crippen molar-refractivity contribution in [3.05, 3.63) is 24.2 Å². The van der Waals surface area contributed by atoms with Gasteiger partial charge in [-0.05, 0) is 43.2 Å². The molecule has 17 heavy (non-hydrogen) atoms. The highest BCUT2D eigenvalue weighted by Gasteiger charge is 2.36. The Labute approximate surface area is 103 Å². The Hall–Kier alpha value is -0.800. The van der Waals surface area contributed by atoms with Crippen molar-refractivity contribution in [2.45, 2.75) is 51.7 Å². The van der Waals surface area contributed by atoms with E-state index in [1.807, 2.05) is 12.1 Å². The van der Waals surface area contributed by atoms with E-state index in [9.17, 15) is 5.11 Å². The van der Waals surface area contributed by atoms with E-state index in [0.717, 1.165) is 31.4 Å². The van der Waals surface area contributed by atoms with Crippen LogP contribution in [0.5, 0.6) is 0 Å². The quantitative estimate of drug-likeness (QED) is 0.846. The van der Waals surface area contributed by atoms with E-state index in [-0.39, 0.29) is 0 Å². The zero-order valence-electron chi connectivity index (χ0n) is 10.8. The Bertz CT molecular complexity index is 333. The molecule has 0 radical (unpaired) electrons. The van der Waals surface area contributed by atoms with Crippen molar-refractivity contribution in [2.75, 3.05) is 6.54 Å². The van der Waals surface area contributed by atoms with E-state index in [1.165, 1.54) is 0 Å². The first-order valence-corrected chi connectivity index (χ1v) is 6.45. The van der Waals surface area contributed by atoms with Gasteiger partial charge in [-0.15, -0.1) is 0 Å². The number of furan rings is 1. The molecule has 3 heteroatoms. The summed E-state index contributed by atoms with van der Waals surface area (Å²) in [6.45, 7) is 5.91. The maximum absolute atomic E-state index is 10.4. The molecule has 0 saturated heterocycles. The average molecular weight is 237 g/mol. The van der Waals surface area contributed by atoms with E-state index in [0.29, 0.717) is 18.5 Å². The molecule has 1 fully saturated rings. The zero-order chi connectivity index (χ0) is 12.4. The summed E-state index contributed by atoms with van der Waals surface area (Å²) in [5, 5.41) is 13.7. The van der Waals surface area contributed by atoms with Crippen LogP contribution in [-0.2, 0) is 6.54 Å². The molecule has 1 aliphatic carbocycles. The SMILES string of the molecule is CC1(C)CCC(O)(CNCc2ccco2)CC1. The summed E-state index contributed by atoms with van der Waals surface area (Å²) < 4.78 is 5.24. The van der Waals surface area contributed by atoms with Crippen LogP contribution in [0.15, 0.2) is 22.8 Å². The number of rotatable bonds is 4. The zero-order valence-corrected chi connectivity index (χ0v) is 10.8. The van der Waals surface area contributed by atoms with Gasteiger partial charge in [0.25, 0.3) is 0 Å². The van der Waals surface area contributed by atoms with E-state index in [1.54, 1.807) is 6.26 Å². The van der Waals surface area contributed by atoms with E-state index in [2.05, 4.69) is 19.2 Å². The second-order valence-corrected chi connectivity index (χ2v) is 6.07. The lowest BCUT2D eigenvalue weighted by atomic mass is 9.71. The van der Waals surface area contributed by atoms with Gasteiger partial charge < -0.3 is 14.8 Å². The molecule has 1 aliphatic rings. The van der Waals surface area contributed by atoms with Crippen LogP contribution in [0.1, 0.15) is 45.3 Å². The predicted octanol–water partition coefficient (Wildman–Crippen LogP) is 2.70. The molecule has 0 unspecified atom stereocenters. The fraction of sp³-hybridized carbons (Fsp3) is 0.714. The van der Waals surface area contributed by atoms with Crippen molar-refractivity contribution in [2.24, 2.45) is 5.41 Å². The first-order chi connectivity index (χ1) is 7.99. The third-order valence-electron chi connectivity index (χ3n) is 3.87. The molecule has 1 saturated carbocycles. The predicted molar refractivity (Wildman–Crippen MR) is 67.6 cm³/mol. The standard InChI is InChI=1S/C14H23NO2/c1-13(2)5-7-14(16,8-6-13)11-15-10-12-4-3-9-17-12/h3-4,9,15-16H,5-8,10-11H2,1-2H3. The summed E-state index contributed by atoms with van der Waals surface area (Å²) in [7, 11) is 0. The van der Waals surface area contributed by atoms with Gasteiger partial charge in [-0.25, -0.2) is 0 Å². The van der Waals surface area contributed by atoms with Crippen LogP contribution in [0.2, 0.25) is 0 Å². The summed E-state index contributed by atoms with van der Waals surface area (Å²) in [6, 6.07) is 3.83. The molecule has 3 nitrogen and oxygen atoms in total. The third-order valence-corrected chi connectivity index (χ3v) is 3.87. The van der Waals surface area contributed by atoms with Crippen LogP contribution in [0.25, 0.3) is 0 Å². The highest BCUT2D eigenvalue weighted by molar-refractivity contribution is 4.98. The maximum atomic E-state index is 10.4. The summed E-state index contributed by atoms with van der Waals surface area (Å²) in [5.74, 6) is 0.921. The molecule has 1 heterocycles. The molecule has 1 aromatic heterocycles. The van der Waals surface area contributed by atoms with Gasteiger partial charge in [0, 0.05) is 6.54 Å². The summed E-state index contributed by atoms with van der Waals surface area (Å²) in [4.78, 5) is 0. The molecule has 0 bridgehead atoms. The Morgan fingerprint density at radius 3 is 2.59 bits per heavy atom. The van der Waals surface area contributed by atoms with E-state index in [4.69, 9.17) is 4.42 Å². The largest absolute Gasteiger partial charge is 0.468 e. The fourth-order valence-corrected chi connectivity index (χ4v) is 2.40. The van der Waals surface area contributed by atoms with Crippen molar-refractivity contribution in [1.82, 2.24) is 5.32 Å². The number of hydrogen-bond donors (Lipinski definition) is 2. The third kappa shape index (κ3) is 3.58. The Kier molecular flexibility index (Phi) is 3.59. The van der Waals surface area contributed by atoms with Crippen molar-refractivity contribution >= 4 is 0 Å². The van der Waals surface area contributed by atoms with Gasteiger partial charge in [0.15, 0.2) is 0 Å². The minimum absolute atomic E-state index is 0.396. The Morgan fingerprint density at radius 1 is 1.29 bits per heavy atom. The minimum Gasteiger partial charge on any atom is -0.468 e. The molecule has 0 atom stereocenters. The van der Waals surface area contributed by atoms with Crippen LogP contribution in [0, 0.1) is 5.41 Å². The van der Waals surface area contributed by atoms with Gasteiger partial charge in [-0.3, -0.25) is 0 Å². The van der Waals surface area contributed by atoms with Crippen LogP contribution >= 0.6 is 0 Å². The van der Waals surface area contributed by atoms with E-state index >= 15 is 0 Å². The highest BCUT2D eigenvalue weighted by atomic mass is 16.3. The normalized spacial score (nSPS) is 22.5. The molecule has 96 valence electrons. The van der Waals surface area contributed by atoms with Crippen molar-refractivity contribution in [3.8, 4) is 0 Å². The van der Waals surface area contributed by atoms with Crippen molar-refractivity contribution in [1.29, 1.82) is 0 Å². The first-order valence-electron chi connectivity index (χ1n) is 6.45. The van der Waals surface area contributed by atoms with Gasteiger partial charge in [0.1, 0.15) is 5.76 Å². The fourth-order valence-electron chi connectivity index (χ4n) is 2.40. The van der Waals surface area contributed by atoms with Crippen molar-refractivity contribution in [3.63, 3.8) is 0 Å². The Balaban J connectivity index is 1.75. The smallest absolute Gasteiger partial charge is 0.117 e. The molecular formula is C14H23NO2. The van der Waals surface area contributed by atoms with Crippen LogP contribution in [0.4, 0.5) is 0 Å². The number of aliphatic hydroxyl groups is 1. The monoisotopic (exact) mass is 237 g/mol. The van der Waals surface area contributed by atoms with Crippen LogP contribution in [0.3, 0.4) is 0 Å². The van der Waals surface area contributed by atoms with Crippen LogP contribution in [-0.4, -0.2) is 17.3 Å². The Morgan fingerprint density at radius 2 is 2.00 bits per heavy atom. The van der Waals surface area contributed by atoms with Gasteiger partial charge in [-0.1, -0.05) is 13.8 Å². The molecule has 0 aromatic carbocycles. The van der Waals surface area contributed by atoms with Crippen LogP contribution < -0.4 is 5.32 Å². The van der Waals surface area contributed by atoms with Gasteiger partial charge in [0.05, 0.1) is 18.4 Å². The summed E-state index contributed by atoms with van der Waals surface area (Å²) >= 11 is 0. The second-order valence-electron chi connectivity index (χ2n) is 6.07. The second kappa shape index (κ2) is 4.83. The lowest BCUT2D eigenvalue weighted by molar-refractivity contribution is -0.0247. The van der Waals surface area contributed by atoms with E-state index < -0.39 is 5.60 Å². The lowest BCUT2D eigenvalue weighted by Crippen LogP contribution is -2.44. The number of nitrogens with one attached hydrogen (secondary N) is 1. The molecule has 2 N–H and O–H groups in total. The lowest BCUT2D eigenvalue weighted by Gasteiger charge is -2.40. The minimum atomic E-state index is -0.526. The summed E-state index contributed by atoms with van der Waals surface area (Å²) in [5.41, 5.74) is -0.130. The maximum Gasteiger partial charge on any atom is 0.117 e. The summed E-state index contributed by atoms with van der Waals surface area (Å²) in [6.07, 6.45) is 5.67. The molecule has 0 aliphatic heterocycles. The topological polar surface area (TPSA) is 45.4 Å². The molecule has 0 amide bonds. The van der Waals surface area contributed by atoms with Gasteiger partial charge in [0.2, 0.25) is 0 Å². The molecular weight excluding hydrogens is 214 g/mol. The molecule has 2 rings (SSSR count). The molecule has 1 aromatic rings. The first kappa shape index (κ1) is 12.7. The average Bonchev–Trinajstić information content (AvgIpc) is 2.77. The van der Waals surface area contributed by atoms with Gasteiger partial charge >= 0.3 is 0 Å². The molecule has 0 spiro atoms. The highest BCUT2D eigenvalue weighted by Crippen LogP contribution is 2.39. The number of hydrogen-bond acceptors (Lipinski definition) is 3. The van der Waals surface area contributed by atoms with Gasteiger partial charge in [-0.2, -0.15) is 0 Å².